The van der Waals surface area contributed by atoms with Gasteiger partial charge in [-0.1, -0.05) is 36.4 Å². The lowest BCUT2D eigenvalue weighted by molar-refractivity contribution is 0.0475. The number of H-pyrrole nitrogens is 1. The lowest BCUT2D eigenvalue weighted by atomic mass is 10.1. The predicted octanol–water partition coefficient (Wildman–Crippen LogP) is 4.69. The molecule has 0 saturated heterocycles. The van der Waals surface area contributed by atoms with Gasteiger partial charge >= 0.3 is 5.97 Å². The molecule has 0 aliphatic heterocycles. The third kappa shape index (κ3) is 2.83. The van der Waals surface area contributed by atoms with Gasteiger partial charge < -0.3 is 14.5 Å². The number of esters is 1. The quantitative estimate of drug-likeness (QED) is 0.552. The second kappa shape index (κ2) is 6.32. The summed E-state index contributed by atoms with van der Waals surface area (Å²) >= 11 is 0. The Morgan fingerprint density at radius 3 is 2.60 bits per heavy atom. The normalized spacial score (nSPS) is 10.9. The van der Waals surface area contributed by atoms with Gasteiger partial charge in [-0.3, -0.25) is 0 Å². The Labute approximate surface area is 145 Å². The van der Waals surface area contributed by atoms with E-state index in [0.29, 0.717) is 5.56 Å². The number of hydrogen-bond acceptors (Lipinski definition) is 3. The molecule has 0 fully saturated rings. The summed E-state index contributed by atoms with van der Waals surface area (Å²) < 4.78 is 10.8. The van der Waals surface area contributed by atoms with Gasteiger partial charge in [0.2, 0.25) is 0 Å². The Balaban J connectivity index is 1.74. The minimum Gasteiger partial charge on any atom is -0.497 e. The molecule has 0 amide bonds. The average Bonchev–Trinajstić information content (AvgIpc) is 3.04. The lowest BCUT2D eigenvalue weighted by Gasteiger charge is -2.07. The monoisotopic (exact) mass is 331 g/mol. The van der Waals surface area contributed by atoms with Crippen molar-refractivity contribution in [3.63, 3.8) is 0 Å². The van der Waals surface area contributed by atoms with Crippen LogP contribution in [0.25, 0.3) is 21.8 Å². The molecule has 0 atom stereocenters. The van der Waals surface area contributed by atoms with Crippen LogP contribution in [0.4, 0.5) is 0 Å². The number of carbonyl (C=O) groups is 1. The molecule has 0 radical (unpaired) electrons. The van der Waals surface area contributed by atoms with Gasteiger partial charge in [0.1, 0.15) is 12.4 Å². The number of fused-ring (bicyclic) bond motifs is 3. The van der Waals surface area contributed by atoms with E-state index in [-0.39, 0.29) is 12.6 Å². The number of aromatic nitrogens is 1. The highest BCUT2D eigenvalue weighted by atomic mass is 16.5. The Kier molecular flexibility index (Phi) is 3.86. The molecule has 1 N–H and O–H groups in total. The Hall–Kier alpha value is -3.27. The molecular formula is C21H17NO3. The fourth-order valence-electron chi connectivity index (χ4n) is 3.03. The van der Waals surface area contributed by atoms with E-state index in [0.717, 1.165) is 33.1 Å². The van der Waals surface area contributed by atoms with Gasteiger partial charge in [0, 0.05) is 21.8 Å². The van der Waals surface area contributed by atoms with Crippen molar-refractivity contribution in [2.75, 3.05) is 7.11 Å². The number of carbonyl (C=O) groups excluding carboxylic acids is 1. The summed E-state index contributed by atoms with van der Waals surface area (Å²) in [5.41, 5.74) is 3.37. The SMILES string of the molecule is COc1ccc2[nH]c3cccc(C(=O)OCc4ccccc4)c3c2c1. The van der Waals surface area contributed by atoms with E-state index in [1.54, 1.807) is 13.2 Å². The summed E-state index contributed by atoms with van der Waals surface area (Å²) in [6.07, 6.45) is 0. The molecule has 0 saturated carbocycles. The number of aromatic amines is 1. The van der Waals surface area contributed by atoms with Crippen molar-refractivity contribution in [3.05, 3.63) is 77.9 Å². The first-order valence-electron chi connectivity index (χ1n) is 8.06. The van der Waals surface area contributed by atoms with E-state index < -0.39 is 0 Å². The average molecular weight is 331 g/mol. The zero-order chi connectivity index (χ0) is 17.2. The minimum atomic E-state index is -0.335. The molecular weight excluding hydrogens is 314 g/mol. The third-order valence-corrected chi connectivity index (χ3v) is 4.26. The molecule has 1 aromatic heterocycles. The van der Waals surface area contributed by atoms with Gasteiger partial charge in [0.25, 0.3) is 0 Å². The minimum absolute atomic E-state index is 0.252. The van der Waals surface area contributed by atoms with Crippen LogP contribution in [0.15, 0.2) is 66.7 Å². The van der Waals surface area contributed by atoms with Crippen LogP contribution in [-0.4, -0.2) is 18.1 Å². The number of rotatable bonds is 4. The molecule has 1 heterocycles. The first-order chi connectivity index (χ1) is 12.3. The standard InChI is InChI=1S/C21H17NO3/c1-24-15-10-11-18-17(12-15)20-16(8-5-9-19(20)22-18)21(23)25-13-14-6-3-2-4-7-14/h2-12,22H,13H2,1H3. The van der Waals surface area contributed by atoms with Crippen molar-refractivity contribution >= 4 is 27.8 Å². The van der Waals surface area contributed by atoms with Gasteiger partial charge in [-0.15, -0.1) is 0 Å². The molecule has 0 aliphatic rings. The summed E-state index contributed by atoms with van der Waals surface area (Å²) in [6, 6.07) is 21.0. The summed E-state index contributed by atoms with van der Waals surface area (Å²) in [7, 11) is 1.63. The maximum Gasteiger partial charge on any atom is 0.339 e. The summed E-state index contributed by atoms with van der Waals surface area (Å²) in [5.74, 6) is 0.416. The van der Waals surface area contributed by atoms with Crippen molar-refractivity contribution < 1.29 is 14.3 Å². The van der Waals surface area contributed by atoms with Crippen LogP contribution in [0, 0.1) is 0 Å². The Morgan fingerprint density at radius 1 is 0.960 bits per heavy atom. The van der Waals surface area contributed by atoms with E-state index in [1.807, 2.05) is 60.7 Å². The molecule has 0 spiro atoms. The second-order valence-corrected chi connectivity index (χ2v) is 5.83. The van der Waals surface area contributed by atoms with Crippen LogP contribution >= 0.6 is 0 Å². The molecule has 4 heteroatoms. The van der Waals surface area contributed by atoms with Crippen molar-refractivity contribution in [1.29, 1.82) is 0 Å². The summed E-state index contributed by atoms with van der Waals surface area (Å²) in [5, 5.41) is 1.80. The van der Waals surface area contributed by atoms with E-state index >= 15 is 0 Å². The largest absolute Gasteiger partial charge is 0.497 e. The summed E-state index contributed by atoms with van der Waals surface area (Å²) in [6.45, 7) is 0.252. The van der Waals surface area contributed by atoms with E-state index in [2.05, 4.69) is 4.98 Å². The molecule has 0 aliphatic carbocycles. The molecule has 3 aromatic carbocycles. The molecule has 4 aromatic rings. The number of ether oxygens (including phenoxy) is 2. The van der Waals surface area contributed by atoms with Crippen LogP contribution in [-0.2, 0) is 11.3 Å². The molecule has 4 nitrogen and oxygen atoms in total. The fourth-order valence-corrected chi connectivity index (χ4v) is 3.03. The maximum atomic E-state index is 12.7. The zero-order valence-corrected chi connectivity index (χ0v) is 13.8. The molecule has 0 unspecified atom stereocenters. The number of methoxy groups -OCH3 is 1. The molecule has 25 heavy (non-hydrogen) atoms. The molecule has 0 bridgehead atoms. The number of nitrogens with one attached hydrogen (secondary N) is 1. The van der Waals surface area contributed by atoms with Crippen molar-refractivity contribution in [2.24, 2.45) is 0 Å². The number of benzene rings is 3. The lowest BCUT2D eigenvalue weighted by Crippen LogP contribution is -2.05. The van der Waals surface area contributed by atoms with Crippen LogP contribution in [0.5, 0.6) is 5.75 Å². The third-order valence-electron chi connectivity index (χ3n) is 4.26. The van der Waals surface area contributed by atoms with Gasteiger partial charge in [-0.25, -0.2) is 4.79 Å². The van der Waals surface area contributed by atoms with Crippen LogP contribution < -0.4 is 4.74 Å². The van der Waals surface area contributed by atoms with Gasteiger partial charge in [-0.2, -0.15) is 0 Å². The van der Waals surface area contributed by atoms with Crippen molar-refractivity contribution in [1.82, 2.24) is 4.98 Å². The van der Waals surface area contributed by atoms with E-state index in [4.69, 9.17) is 9.47 Å². The Bertz CT molecular complexity index is 1050. The highest BCUT2D eigenvalue weighted by molar-refractivity contribution is 6.16. The smallest absolute Gasteiger partial charge is 0.339 e. The number of hydrogen-bond donors (Lipinski definition) is 1. The van der Waals surface area contributed by atoms with Crippen molar-refractivity contribution in [3.8, 4) is 5.75 Å². The van der Waals surface area contributed by atoms with Crippen LogP contribution in [0.1, 0.15) is 15.9 Å². The zero-order valence-electron chi connectivity index (χ0n) is 13.8. The summed E-state index contributed by atoms with van der Waals surface area (Å²) in [4.78, 5) is 16.0. The predicted molar refractivity (Wildman–Crippen MR) is 97.9 cm³/mol. The van der Waals surface area contributed by atoms with E-state index in [9.17, 15) is 4.79 Å². The molecule has 124 valence electrons. The first kappa shape index (κ1) is 15.3. The maximum absolute atomic E-state index is 12.7. The van der Waals surface area contributed by atoms with Crippen LogP contribution in [0.2, 0.25) is 0 Å². The Morgan fingerprint density at radius 2 is 1.80 bits per heavy atom. The fraction of sp³-hybridized carbons (Fsp3) is 0.0952. The first-order valence-corrected chi connectivity index (χ1v) is 8.06. The van der Waals surface area contributed by atoms with E-state index in [1.165, 1.54) is 0 Å². The topological polar surface area (TPSA) is 51.3 Å². The molecule has 4 rings (SSSR count). The van der Waals surface area contributed by atoms with Gasteiger partial charge in [-0.05, 0) is 35.9 Å². The second-order valence-electron chi connectivity index (χ2n) is 5.83. The highest BCUT2D eigenvalue weighted by Gasteiger charge is 2.16. The van der Waals surface area contributed by atoms with Crippen molar-refractivity contribution in [2.45, 2.75) is 6.61 Å². The highest BCUT2D eigenvalue weighted by Crippen LogP contribution is 2.31. The van der Waals surface area contributed by atoms with Crippen LogP contribution in [0.3, 0.4) is 0 Å². The van der Waals surface area contributed by atoms with Gasteiger partial charge in [0.15, 0.2) is 0 Å². The van der Waals surface area contributed by atoms with Gasteiger partial charge in [0.05, 0.1) is 12.7 Å².